The molecule has 2 aliphatic carbocycles. The fraction of sp³-hybridized carbons (Fsp3) is 0.900. The van der Waals surface area contributed by atoms with Gasteiger partial charge in [-0.25, -0.2) is 0 Å². The van der Waals surface area contributed by atoms with E-state index in [2.05, 4.69) is 41.2 Å². The van der Waals surface area contributed by atoms with E-state index in [1.54, 1.807) is 5.57 Å². The fourth-order valence-corrected chi connectivity index (χ4v) is 5.16. The monoisotopic (exact) mass is 276 g/mol. The molecule has 0 aromatic rings. The molecule has 0 heteroatoms. The highest BCUT2D eigenvalue weighted by Crippen LogP contribution is 2.59. The molecule has 0 aromatic carbocycles. The van der Waals surface area contributed by atoms with Crippen molar-refractivity contribution in [3.05, 3.63) is 12.2 Å². The van der Waals surface area contributed by atoms with Crippen LogP contribution in [0.1, 0.15) is 79.6 Å². The quantitative estimate of drug-likeness (QED) is 0.505. The molecule has 20 heavy (non-hydrogen) atoms. The van der Waals surface area contributed by atoms with E-state index in [1.807, 2.05) is 0 Å². The predicted octanol–water partition coefficient (Wildman–Crippen LogP) is 6.47. The van der Waals surface area contributed by atoms with Crippen molar-refractivity contribution in [2.75, 3.05) is 0 Å². The Bertz CT molecular complexity index is 340. The SMILES string of the molecule is C=C1CCCC2(C)C([C@H](C)CC[C@H](C)C(C)C)CC[C@@H]12. The van der Waals surface area contributed by atoms with Crippen LogP contribution < -0.4 is 0 Å². The zero-order chi connectivity index (χ0) is 14.9. The van der Waals surface area contributed by atoms with Gasteiger partial charge in [0.15, 0.2) is 0 Å². The maximum absolute atomic E-state index is 4.39. The first-order chi connectivity index (χ1) is 9.36. The summed E-state index contributed by atoms with van der Waals surface area (Å²) >= 11 is 0. The van der Waals surface area contributed by atoms with Gasteiger partial charge in [0, 0.05) is 0 Å². The molecule has 2 fully saturated rings. The topological polar surface area (TPSA) is 0 Å². The van der Waals surface area contributed by atoms with Gasteiger partial charge in [-0.1, -0.05) is 59.6 Å². The van der Waals surface area contributed by atoms with Crippen LogP contribution in [0.3, 0.4) is 0 Å². The van der Waals surface area contributed by atoms with E-state index in [1.165, 1.54) is 44.9 Å². The summed E-state index contributed by atoms with van der Waals surface area (Å²) in [6, 6.07) is 0. The molecule has 0 heterocycles. The summed E-state index contributed by atoms with van der Waals surface area (Å²) < 4.78 is 0. The Morgan fingerprint density at radius 2 is 1.85 bits per heavy atom. The second-order valence-electron chi connectivity index (χ2n) is 8.53. The van der Waals surface area contributed by atoms with Crippen LogP contribution in [0.4, 0.5) is 0 Å². The van der Waals surface area contributed by atoms with Crippen molar-refractivity contribution < 1.29 is 0 Å². The molecule has 0 bridgehead atoms. The molecule has 116 valence electrons. The largest absolute Gasteiger partial charge is 0.0996 e. The normalized spacial score (nSPS) is 37.0. The van der Waals surface area contributed by atoms with Crippen molar-refractivity contribution in [2.45, 2.75) is 79.6 Å². The van der Waals surface area contributed by atoms with Crippen molar-refractivity contribution in [2.24, 2.45) is 35.0 Å². The van der Waals surface area contributed by atoms with Gasteiger partial charge < -0.3 is 0 Å². The Kier molecular flexibility index (Phi) is 5.03. The van der Waals surface area contributed by atoms with Crippen molar-refractivity contribution in [1.82, 2.24) is 0 Å². The van der Waals surface area contributed by atoms with Crippen molar-refractivity contribution in [3.63, 3.8) is 0 Å². The summed E-state index contributed by atoms with van der Waals surface area (Å²) in [4.78, 5) is 0. The highest BCUT2D eigenvalue weighted by molar-refractivity contribution is 5.15. The minimum absolute atomic E-state index is 0.579. The van der Waals surface area contributed by atoms with Gasteiger partial charge in [-0.3, -0.25) is 0 Å². The van der Waals surface area contributed by atoms with Crippen molar-refractivity contribution >= 4 is 0 Å². The molecule has 2 rings (SSSR count). The van der Waals surface area contributed by atoms with Gasteiger partial charge in [0.25, 0.3) is 0 Å². The fourth-order valence-electron chi connectivity index (χ4n) is 5.16. The zero-order valence-corrected chi connectivity index (χ0v) is 14.5. The molecule has 0 N–H and O–H groups in total. The molecule has 0 aromatic heterocycles. The number of hydrogen-bond donors (Lipinski definition) is 0. The van der Waals surface area contributed by atoms with Crippen LogP contribution in [-0.2, 0) is 0 Å². The molecule has 0 radical (unpaired) electrons. The molecule has 0 saturated heterocycles. The summed E-state index contributed by atoms with van der Waals surface area (Å²) in [5, 5.41) is 0. The molecule has 0 spiro atoms. The first-order valence-electron chi connectivity index (χ1n) is 9.04. The summed E-state index contributed by atoms with van der Waals surface area (Å²) in [7, 11) is 0. The maximum Gasteiger partial charge on any atom is -0.0149 e. The molecule has 0 amide bonds. The van der Waals surface area contributed by atoms with Crippen molar-refractivity contribution in [3.8, 4) is 0 Å². The van der Waals surface area contributed by atoms with E-state index < -0.39 is 0 Å². The lowest BCUT2D eigenvalue weighted by Crippen LogP contribution is -2.35. The average molecular weight is 277 g/mol. The third-order valence-corrected chi connectivity index (χ3v) is 7.02. The van der Waals surface area contributed by atoms with Crippen LogP contribution in [0.2, 0.25) is 0 Å². The van der Waals surface area contributed by atoms with Gasteiger partial charge in [0.05, 0.1) is 0 Å². The molecule has 0 nitrogen and oxygen atoms in total. The van der Waals surface area contributed by atoms with Gasteiger partial charge in [-0.2, -0.15) is 0 Å². The second kappa shape index (κ2) is 6.24. The molecular weight excluding hydrogens is 240 g/mol. The number of rotatable bonds is 5. The van der Waals surface area contributed by atoms with Crippen LogP contribution in [0, 0.1) is 35.0 Å². The van der Waals surface area contributed by atoms with Crippen LogP contribution in [0.5, 0.6) is 0 Å². The third kappa shape index (κ3) is 3.00. The van der Waals surface area contributed by atoms with Crippen LogP contribution in [0.25, 0.3) is 0 Å². The van der Waals surface area contributed by atoms with E-state index in [4.69, 9.17) is 0 Å². The van der Waals surface area contributed by atoms with E-state index in [-0.39, 0.29) is 0 Å². The lowest BCUT2D eigenvalue weighted by Gasteiger charge is -2.44. The third-order valence-electron chi connectivity index (χ3n) is 7.02. The van der Waals surface area contributed by atoms with Gasteiger partial charge in [-0.05, 0) is 67.1 Å². The molecule has 5 atom stereocenters. The van der Waals surface area contributed by atoms with Crippen LogP contribution in [-0.4, -0.2) is 0 Å². The highest BCUT2D eigenvalue weighted by atomic mass is 14.5. The Balaban J connectivity index is 1.97. The Morgan fingerprint density at radius 3 is 2.50 bits per heavy atom. The van der Waals surface area contributed by atoms with Crippen molar-refractivity contribution in [1.29, 1.82) is 0 Å². The summed E-state index contributed by atoms with van der Waals surface area (Å²) in [5.41, 5.74) is 2.15. The average Bonchev–Trinajstić information content (AvgIpc) is 2.74. The predicted molar refractivity (Wildman–Crippen MR) is 89.7 cm³/mol. The van der Waals surface area contributed by atoms with Crippen LogP contribution in [0.15, 0.2) is 12.2 Å². The van der Waals surface area contributed by atoms with Gasteiger partial charge in [0.2, 0.25) is 0 Å². The summed E-state index contributed by atoms with van der Waals surface area (Å²) in [6.45, 7) is 16.7. The minimum Gasteiger partial charge on any atom is -0.0996 e. The Morgan fingerprint density at radius 1 is 1.15 bits per heavy atom. The van der Waals surface area contributed by atoms with E-state index in [9.17, 15) is 0 Å². The molecule has 2 aliphatic rings. The second-order valence-corrected chi connectivity index (χ2v) is 8.53. The standard InChI is InChI=1S/C20H36/c1-14(2)15(3)9-10-17(5)19-12-11-18-16(4)8-7-13-20(18,19)6/h14-15,17-19H,4,7-13H2,1-3,5-6H3/t15-,17+,18-,19?,20?/m0/s1. The van der Waals surface area contributed by atoms with E-state index >= 15 is 0 Å². The Hall–Kier alpha value is -0.260. The van der Waals surface area contributed by atoms with Crippen LogP contribution >= 0.6 is 0 Å². The van der Waals surface area contributed by atoms with Gasteiger partial charge >= 0.3 is 0 Å². The van der Waals surface area contributed by atoms with Gasteiger partial charge in [-0.15, -0.1) is 0 Å². The first-order valence-corrected chi connectivity index (χ1v) is 9.04. The lowest BCUT2D eigenvalue weighted by atomic mass is 9.61. The first kappa shape index (κ1) is 16.1. The van der Waals surface area contributed by atoms with E-state index in [0.29, 0.717) is 5.41 Å². The smallest absolute Gasteiger partial charge is 0.0149 e. The molecule has 2 saturated carbocycles. The molecule has 2 unspecified atom stereocenters. The highest BCUT2D eigenvalue weighted by Gasteiger charge is 2.50. The summed E-state index contributed by atoms with van der Waals surface area (Å²) in [5.74, 6) is 4.40. The van der Waals surface area contributed by atoms with Gasteiger partial charge in [0.1, 0.15) is 0 Å². The van der Waals surface area contributed by atoms with E-state index in [0.717, 1.165) is 29.6 Å². The Labute approximate surface area is 127 Å². The summed E-state index contributed by atoms with van der Waals surface area (Å²) in [6.07, 6.45) is 9.85. The maximum atomic E-state index is 4.39. The number of allylic oxidation sites excluding steroid dienone is 1. The molecule has 0 aliphatic heterocycles. The number of fused-ring (bicyclic) bond motifs is 1. The minimum atomic E-state index is 0.579. The number of hydrogen-bond acceptors (Lipinski definition) is 0. The lowest BCUT2D eigenvalue weighted by molar-refractivity contribution is 0.0910. The molecular formula is C20H36. The zero-order valence-electron chi connectivity index (χ0n) is 14.5.